The van der Waals surface area contributed by atoms with E-state index in [1.807, 2.05) is 6.92 Å². The lowest BCUT2D eigenvalue weighted by Gasteiger charge is -2.06. The molecule has 6 heteroatoms. The van der Waals surface area contributed by atoms with Gasteiger partial charge in [-0.15, -0.1) is 11.3 Å². The number of H-pyrrole nitrogens is 1. The predicted octanol–water partition coefficient (Wildman–Crippen LogP) is 2.31. The van der Waals surface area contributed by atoms with Gasteiger partial charge in [0.15, 0.2) is 5.13 Å². The normalized spacial score (nSPS) is 14.3. The molecule has 0 saturated heterocycles. The lowest BCUT2D eigenvalue weighted by atomic mass is 10.0. The Morgan fingerprint density at radius 3 is 3.00 bits per heavy atom. The van der Waals surface area contributed by atoms with Gasteiger partial charge in [0.2, 0.25) is 0 Å². The van der Waals surface area contributed by atoms with Gasteiger partial charge in [-0.2, -0.15) is 5.10 Å². The van der Waals surface area contributed by atoms with Gasteiger partial charge in [0.25, 0.3) is 5.91 Å². The number of amides is 1. The minimum Gasteiger partial charge on any atom is -0.298 e. The van der Waals surface area contributed by atoms with Gasteiger partial charge in [0, 0.05) is 10.6 Å². The smallest absolute Gasteiger partial charge is 0.260 e. The van der Waals surface area contributed by atoms with E-state index < -0.39 is 0 Å². The Hall–Kier alpha value is -1.69. The predicted molar refractivity (Wildman–Crippen MR) is 70.0 cm³/mol. The van der Waals surface area contributed by atoms with Crippen molar-refractivity contribution in [3.8, 4) is 0 Å². The maximum absolute atomic E-state index is 12.0. The number of aromatic amines is 1. The highest BCUT2D eigenvalue weighted by molar-refractivity contribution is 7.15. The van der Waals surface area contributed by atoms with Crippen molar-refractivity contribution in [2.45, 2.75) is 32.6 Å². The summed E-state index contributed by atoms with van der Waals surface area (Å²) in [5.74, 6) is -0.146. The van der Waals surface area contributed by atoms with Crippen molar-refractivity contribution in [3.63, 3.8) is 0 Å². The zero-order valence-corrected chi connectivity index (χ0v) is 10.9. The summed E-state index contributed by atoms with van der Waals surface area (Å²) in [6.07, 6.45) is 6.09. The van der Waals surface area contributed by atoms with Crippen LogP contribution in [0, 0.1) is 6.92 Å². The Balaban J connectivity index is 1.79. The Kier molecular flexibility index (Phi) is 2.87. The van der Waals surface area contributed by atoms with Gasteiger partial charge in [-0.3, -0.25) is 15.2 Å². The van der Waals surface area contributed by atoms with Crippen LogP contribution < -0.4 is 5.32 Å². The summed E-state index contributed by atoms with van der Waals surface area (Å²) in [6, 6.07) is 0. The van der Waals surface area contributed by atoms with Gasteiger partial charge in [0.05, 0.1) is 17.5 Å². The quantitative estimate of drug-likeness (QED) is 0.872. The molecule has 1 aliphatic rings. The van der Waals surface area contributed by atoms with Gasteiger partial charge in [-0.1, -0.05) is 0 Å². The third-order valence-electron chi connectivity index (χ3n) is 3.14. The number of anilines is 1. The molecule has 0 spiro atoms. The average Bonchev–Trinajstić information content (AvgIpc) is 2.94. The third-order valence-corrected chi connectivity index (χ3v) is 4.21. The monoisotopic (exact) mass is 262 g/mol. The summed E-state index contributed by atoms with van der Waals surface area (Å²) in [5, 5.41) is 10.2. The van der Waals surface area contributed by atoms with Crippen LogP contribution in [0.1, 0.15) is 39.5 Å². The van der Waals surface area contributed by atoms with E-state index >= 15 is 0 Å². The number of carbonyl (C=O) groups excluding carboxylic acids is 1. The highest BCUT2D eigenvalue weighted by Crippen LogP contribution is 2.29. The fourth-order valence-electron chi connectivity index (χ4n) is 2.15. The average molecular weight is 262 g/mol. The Morgan fingerprint density at radius 2 is 2.28 bits per heavy atom. The molecule has 94 valence electrons. The van der Waals surface area contributed by atoms with Crippen LogP contribution in [0.15, 0.2) is 6.20 Å². The standard InChI is InChI=1S/C12H14N4OS/c1-7-8(6-13-16-7)11(17)15-12-14-9-4-2-3-5-10(9)18-12/h6H,2-5H2,1H3,(H,13,16)(H,14,15,17). The molecule has 0 atom stereocenters. The van der Waals surface area contributed by atoms with Crippen molar-refractivity contribution in [1.82, 2.24) is 15.2 Å². The lowest BCUT2D eigenvalue weighted by Crippen LogP contribution is -2.12. The molecular formula is C12H14N4OS. The Labute approximate surface area is 109 Å². The van der Waals surface area contributed by atoms with E-state index in [1.165, 1.54) is 23.9 Å². The number of hydrogen-bond donors (Lipinski definition) is 2. The molecule has 2 aromatic heterocycles. The summed E-state index contributed by atoms with van der Waals surface area (Å²) in [7, 11) is 0. The molecule has 18 heavy (non-hydrogen) atoms. The molecule has 0 fully saturated rings. The van der Waals surface area contributed by atoms with Gasteiger partial charge in [-0.05, 0) is 32.6 Å². The van der Waals surface area contributed by atoms with Gasteiger partial charge < -0.3 is 0 Å². The molecule has 3 rings (SSSR count). The zero-order chi connectivity index (χ0) is 12.5. The second-order valence-corrected chi connectivity index (χ2v) is 5.54. The van der Waals surface area contributed by atoms with E-state index in [0.29, 0.717) is 10.7 Å². The summed E-state index contributed by atoms with van der Waals surface area (Å²) >= 11 is 1.59. The minimum atomic E-state index is -0.146. The van der Waals surface area contributed by atoms with E-state index in [1.54, 1.807) is 11.3 Å². The second-order valence-electron chi connectivity index (χ2n) is 4.46. The van der Waals surface area contributed by atoms with Crippen LogP contribution >= 0.6 is 11.3 Å². The molecule has 0 aromatic carbocycles. The molecule has 0 saturated carbocycles. The van der Waals surface area contributed by atoms with E-state index in [9.17, 15) is 4.79 Å². The highest BCUT2D eigenvalue weighted by atomic mass is 32.1. The molecule has 5 nitrogen and oxygen atoms in total. The molecule has 2 heterocycles. The third kappa shape index (κ3) is 2.03. The maximum Gasteiger partial charge on any atom is 0.260 e. The molecule has 2 N–H and O–H groups in total. The first kappa shape index (κ1) is 11.4. The zero-order valence-electron chi connectivity index (χ0n) is 10.1. The topological polar surface area (TPSA) is 70.7 Å². The van der Waals surface area contributed by atoms with Crippen LogP contribution in [0.5, 0.6) is 0 Å². The van der Waals surface area contributed by atoms with Crippen molar-refractivity contribution in [1.29, 1.82) is 0 Å². The van der Waals surface area contributed by atoms with Crippen molar-refractivity contribution in [3.05, 3.63) is 28.0 Å². The van der Waals surface area contributed by atoms with E-state index in [4.69, 9.17) is 0 Å². The van der Waals surface area contributed by atoms with Gasteiger partial charge >= 0.3 is 0 Å². The van der Waals surface area contributed by atoms with E-state index in [0.717, 1.165) is 24.2 Å². The number of hydrogen-bond acceptors (Lipinski definition) is 4. The van der Waals surface area contributed by atoms with Crippen LogP contribution in [0.25, 0.3) is 0 Å². The largest absolute Gasteiger partial charge is 0.298 e. The van der Waals surface area contributed by atoms with E-state index in [2.05, 4.69) is 20.5 Å². The van der Waals surface area contributed by atoms with Crippen LogP contribution in [-0.2, 0) is 12.8 Å². The number of aromatic nitrogens is 3. The van der Waals surface area contributed by atoms with Crippen molar-refractivity contribution in [2.24, 2.45) is 0 Å². The van der Waals surface area contributed by atoms with Crippen molar-refractivity contribution < 1.29 is 4.79 Å². The number of thiazole rings is 1. The SMILES string of the molecule is Cc1[nH]ncc1C(=O)Nc1nc2c(s1)CCCC2. The lowest BCUT2D eigenvalue weighted by molar-refractivity contribution is 0.102. The molecule has 0 unspecified atom stereocenters. The molecule has 2 aromatic rings. The highest BCUT2D eigenvalue weighted by Gasteiger charge is 2.17. The van der Waals surface area contributed by atoms with Crippen LogP contribution in [0.2, 0.25) is 0 Å². The molecule has 0 radical (unpaired) electrons. The number of fused-ring (bicyclic) bond motifs is 1. The van der Waals surface area contributed by atoms with Crippen LogP contribution in [0.4, 0.5) is 5.13 Å². The van der Waals surface area contributed by atoms with Crippen LogP contribution in [-0.4, -0.2) is 21.1 Å². The maximum atomic E-state index is 12.0. The number of nitrogens with zero attached hydrogens (tertiary/aromatic N) is 2. The van der Waals surface area contributed by atoms with E-state index in [-0.39, 0.29) is 5.91 Å². The van der Waals surface area contributed by atoms with Crippen LogP contribution in [0.3, 0.4) is 0 Å². The fraction of sp³-hybridized carbons (Fsp3) is 0.417. The second kappa shape index (κ2) is 4.53. The first-order chi connectivity index (χ1) is 8.74. The molecule has 1 amide bonds. The molecule has 1 aliphatic carbocycles. The summed E-state index contributed by atoms with van der Waals surface area (Å²) < 4.78 is 0. The van der Waals surface area contributed by atoms with Gasteiger partial charge in [-0.25, -0.2) is 4.98 Å². The summed E-state index contributed by atoms with van der Waals surface area (Å²) in [5.41, 5.74) is 2.50. The number of rotatable bonds is 2. The molecule has 0 bridgehead atoms. The van der Waals surface area contributed by atoms with Crippen molar-refractivity contribution >= 4 is 22.4 Å². The summed E-state index contributed by atoms with van der Waals surface area (Å²) in [6.45, 7) is 1.83. The minimum absolute atomic E-state index is 0.146. The molecular weight excluding hydrogens is 248 g/mol. The first-order valence-corrected chi connectivity index (χ1v) is 6.85. The number of aryl methyl sites for hydroxylation is 3. The number of nitrogens with one attached hydrogen (secondary N) is 2. The number of carbonyl (C=O) groups is 1. The van der Waals surface area contributed by atoms with Gasteiger partial charge in [0.1, 0.15) is 0 Å². The first-order valence-electron chi connectivity index (χ1n) is 6.04. The molecule has 0 aliphatic heterocycles. The Morgan fingerprint density at radius 1 is 1.44 bits per heavy atom. The van der Waals surface area contributed by atoms with Crippen molar-refractivity contribution in [2.75, 3.05) is 5.32 Å². The fourth-order valence-corrected chi connectivity index (χ4v) is 3.19. The Bertz CT molecular complexity index is 563. The summed E-state index contributed by atoms with van der Waals surface area (Å²) in [4.78, 5) is 17.8.